The fraction of sp³-hybridized carbons (Fsp3) is 0.417. The standard InChI is InChI=1S/C24H28O6/c1-5-29-17(3)10-6-8-16(2)9-7-11-24(4)22(28)13-19-21(27)12-18(14-25)20(15-26)23(19)30-24/h1,9-10,12,14-15,22,27-28H,6-8,11,13H2,2-4H3. The van der Waals surface area contributed by atoms with Gasteiger partial charge in [-0.15, -0.1) is 0 Å². The minimum absolute atomic E-state index is 0.0629. The second-order valence-electron chi connectivity index (χ2n) is 7.74. The van der Waals surface area contributed by atoms with Gasteiger partial charge in [-0.05, 0) is 58.6 Å². The predicted molar refractivity (Wildman–Crippen MR) is 114 cm³/mol. The van der Waals surface area contributed by atoms with Crippen LogP contribution in [0.15, 0.2) is 29.6 Å². The Labute approximate surface area is 177 Å². The van der Waals surface area contributed by atoms with Gasteiger partial charge < -0.3 is 19.7 Å². The van der Waals surface area contributed by atoms with E-state index in [0.717, 1.165) is 12.8 Å². The number of carbonyl (C=O) groups is 2. The Kier molecular flexibility index (Phi) is 7.85. The van der Waals surface area contributed by atoms with Crippen LogP contribution >= 0.6 is 0 Å². The third kappa shape index (κ3) is 5.31. The lowest BCUT2D eigenvalue weighted by Crippen LogP contribution is -2.49. The number of aldehydes is 2. The van der Waals surface area contributed by atoms with E-state index in [9.17, 15) is 19.8 Å². The third-order valence-corrected chi connectivity index (χ3v) is 5.44. The maximum atomic E-state index is 11.5. The molecule has 160 valence electrons. The zero-order valence-corrected chi connectivity index (χ0v) is 17.6. The number of phenolic OH excluding ortho intramolecular Hbond substituents is 1. The van der Waals surface area contributed by atoms with Gasteiger partial charge in [-0.1, -0.05) is 18.1 Å². The second kappa shape index (κ2) is 10.1. The summed E-state index contributed by atoms with van der Waals surface area (Å²) >= 11 is 0. The summed E-state index contributed by atoms with van der Waals surface area (Å²) in [6.45, 7) is 5.60. The molecule has 6 heteroatoms. The van der Waals surface area contributed by atoms with Crippen LogP contribution in [0.4, 0.5) is 0 Å². The molecule has 30 heavy (non-hydrogen) atoms. The maximum absolute atomic E-state index is 11.5. The number of allylic oxidation sites excluding steroid dienone is 4. The minimum Gasteiger partial charge on any atom is -0.508 e. The molecule has 6 nitrogen and oxygen atoms in total. The first-order chi connectivity index (χ1) is 14.3. The highest BCUT2D eigenvalue weighted by molar-refractivity contribution is 5.94. The quantitative estimate of drug-likeness (QED) is 0.275. The molecule has 0 aromatic heterocycles. The van der Waals surface area contributed by atoms with Gasteiger partial charge >= 0.3 is 0 Å². The van der Waals surface area contributed by atoms with E-state index >= 15 is 0 Å². The number of aliphatic hydroxyl groups excluding tert-OH is 1. The van der Waals surface area contributed by atoms with Crippen molar-refractivity contribution >= 4 is 12.6 Å². The summed E-state index contributed by atoms with van der Waals surface area (Å²) in [6.07, 6.45) is 14.4. The van der Waals surface area contributed by atoms with E-state index in [1.807, 2.05) is 13.0 Å². The number of aliphatic hydroxyl groups is 1. The van der Waals surface area contributed by atoms with E-state index in [2.05, 4.69) is 12.2 Å². The molecule has 1 aromatic rings. The number of rotatable bonds is 9. The van der Waals surface area contributed by atoms with E-state index in [1.54, 1.807) is 13.8 Å². The van der Waals surface area contributed by atoms with Crippen LogP contribution in [0.1, 0.15) is 72.7 Å². The highest BCUT2D eigenvalue weighted by Gasteiger charge is 2.41. The fourth-order valence-electron chi connectivity index (χ4n) is 3.53. The fourth-order valence-corrected chi connectivity index (χ4v) is 3.53. The Hall–Kier alpha value is -3.04. The SMILES string of the molecule is C#COC(C)=CCCC(C)=CCCC1(C)Oc2c(C=O)c(C=O)cc(O)c2CC1O. The van der Waals surface area contributed by atoms with E-state index in [-0.39, 0.29) is 29.0 Å². The normalized spacial score (nSPS) is 21.2. The number of fused-ring (bicyclic) bond motifs is 1. The zero-order chi connectivity index (χ0) is 22.3. The van der Waals surface area contributed by atoms with Crippen molar-refractivity contribution in [3.05, 3.63) is 46.2 Å². The zero-order valence-electron chi connectivity index (χ0n) is 17.6. The molecule has 2 rings (SSSR count). The Balaban J connectivity index is 2.10. The number of hydrogen-bond acceptors (Lipinski definition) is 6. The molecule has 0 saturated heterocycles. The molecule has 1 heterocycles. The second-order valence-corrected chi connectivity index (χ2v) is 7.74. The Morgan fingerprint density at radius 1 is 1.33 bits per heavy atom. The van der Waals surface area contributed by atoms with Gasteiger partial charge in [0.15, 0.2) is 12.6 Å². The van der Waals surface area contributed by atoms with Crippen LogP contribution in [0.25, 0.3) is 0 Å². The molecule has 0 aliphatic carbocycles. The molecule has 0 amide bonds. The van der Waals surface area contributed by atoms with Crippen molar-refractivity contribution < 1.29 is 29.3 Å². The van der Waals surface area contributed by atoms with Gasteiger partial charge in [-0.3, -0.25) is 9.59 Å². The van der Waals surface area contributed by atoms with E-state index < -0.39 is 11.7 Å². The average Bonchev–Trinajstić information content (AvgIpc) is 2.69. The first-order valence-electron chi connectivity index (χ1n) is 9.86. The minimum atomic E-state index is -0.952. The molecule has 0 bridgehead atoms. The lowest BCUT2D eigenvalue weighted by atomic mass is 9.84. The number of terminal acetylenes is 1. The van der Waals surface area contributed by atoms with Crippen LogP contribution < -0.4 is 4.74 Å². The Morgan fingerprint density at radius 2 is 2.07 bits per heavy atom. The van der Waals surface area contributed by atoms with Crippen molar-refractivity contribution in [1.82, 2.24) is 0 Å². The molecule has 0 saturated carbocycles. The lowest BCUT2D eigenvalue weighted by Gasteiger charge is -2.40. The van der Waals surface area contributed by atoms with Gasteiger partial charge in [0.25, 0.3) is 0 Å². The van der Waals surface area contributed by atoms with Crippen LogP contribution in [0.2, 0.25) is 0 Å². The van der Waals surface area contributed by atoms with Gasteiger partial charge in [0.05, 0.1) is 11.7 Å². The molecule has 2 unspecified atom stereocenters. The Morgan fingerprint density at radius 3 is 2.70 bits per heavy atom. The van der Waals surface area contributed by atoms with Crippen LogP contribution in [0.5, 0.6) is 11.5 Å². The highest BCUT2D eigenvalue weighted by atomic mass is 16.5. The molecular formula is C24H28O6. The number of benzene rings is 1. The number of hydrogen-bond donors (Lipinski definition) is 2. The van der Waals surface area contributed by atoms with Crippen LogP contribution in [0, 0.1) is 12.5 Å². The molecule has 1 aliphatic heterocycles. The molecule has 1 aromatic carbocycles. The summed E-state index contributed by atoms with van der Waals surface area (Å²) in [7, 11) is 0. The van der Waals surface area contributed by atoms with Crippen LogP contribution in [-0.4, -0.2) is 34.5 Å². The van der Waals surface area contributed by atoms with Crippen molar-refractivity contribution in [2.45, 2.75) is 64.6 Å². The smallest absolute Gasteiger partial charge is 0.154 e. The number of aromatic hydroxyl groups is 1. The summed E-state index contributed by atoms with van der Waals surface area (Å²) in [4.78, 5) is 22.8. The van der Waals surface area contributed by atoms with Crippen molar-refractivity contribution in [2.24, 2.45) is 0 Å². The topological polar surface area (TPSA) is 93.1 Å². The van der Waals surface area contributed by atoms with E-state index in [4.69, 9.17) is 15.9 Å². The number of phenols is 1. The molecular weight excluding hydrogens is 384 g/mol. The molecule has 1 aliphatic rings. The first kappa shape index (κ1) is 23.2. The summed E-state index contributed by atoms with van der Waals surface area (Å²) in [6, 6.07) is 1.23. The van der Waals surface area contributed by atoms with Crippen molar-refractivity contribution in [2.75, 3.05) is 0 Å². The summed E-state index contributed by atoms with van der Waals surface area (Å²) < 4.78 is 11.0. The Bertz CT molecular complexity index is 905. The average molecular weight is 412 g/mol. The van der Waals surface area contributed by atoms with Crippen molar-refractivity contribution in [3.8, 4) is 24.0 Å². The number of carbonyl (C=O) groups excluding carboxylic acids is 2. The van der Waals surface area contributed by atoms with Gasteiger partial charge in [0, 0.05) is 17.5 Å². The predicted octanol–water partition coefficient (Wildman–Crippen LogP) is 4.09. The van der Waals surface area contributed by atoms with Gasteiger partial charge in [0.2, 0.25) is 0 Å². The molecule has 2 atom stereocenters. The lowest BCUT2D eigenvalue weighted by molar-refractivity contribution is -0.0595. The highest BCUT2D eigenvalue weighted by Crippen LogP contribution is 2.43. The van der Waals surface area contributed by atoms with E-state index in [1.165, 1.54) is 11.6 Å². The molecule has 2 N–H and O–H groups in total. The maximum Gasteiger partial charge on any atom is 0.154 e. The van der Waals surface area contributed by atoms with Crippen molar-refractivity contribution in [1.29, 1.82) is 0 Å². The van der Waals surface area contributed by atoms with Crippen LogP contribution in [0.3, 0.4) is 0 Å². The summed E-state index contributed by atoms with van der Waals surface area (Å²) in [5, 5.41) is 20.8. The van der Waals surface area contributed by atoms with Gasteiger partial charge in [-0.2, -0.15) is 0 Å². The number of ether oxygens (including phenoxy) is 2. The summed E-state index contributed by atoms with van der Waals surface area (Å²) in [5.74, 6) is 0.709. The van der Waals surface area contributed by atoms with E-state index in [0.29, 0.717) is 36.7 Å². The largest absolute Gasteiger partial charge is 0.508 e. The van der Waals surface area contributed by atoms with Crippen molar-refractivity contribution in [3.63, 3.8) is 0 Å². The first-order valence-corrected chi connectivity index (χ1v) is 9.86. The van der Waals surface area contributed by atoms with Crippen LogP contribution in [-0.2, 0) is 11.2 Å². The van der Waals surface area contributed by atoms with Gasteiger partial charge in [-0.25, -0.2) is 0 Å². The summed E-state index contributed by atoms with van der Waals surface area (Å²) in [5.41, 5.74) is 0.734. The third-order valence-electron chi connectivity index (χ3n) is 5.44. The molecule has 0 fully saturated rings. The molecule has 0 radical (unpaired) electrons. The monoisotopic (exact) mass is 412 g/mol. The molecule has 0 spiro atoms. The van der Waals surface area contributed by atoms with Gasteiger partial charge in [0.1, 0.15) is 29.0 Å².